The van der Waals surface area contributed by atoms with Crippen LogP contribution < -0.4 is 0 Å². The molecule has 0 amide bonds. The number of sulfonamides is 1. The number of piperidine rings is 1. The van der Waals surface area contributed by atoms with Crippen LogP contribution >= 0.6 is 23.2 Å². The fourth-order valence-corrected chi connectivity index (χ4v) is 4.62. The van der Waals surface area contributed by atoms with Crippen molar-refractivity contribution in [3.05, 3.63) is 28.2 Å². The number of carboxylic acid groups (broad SMARTS) is 1. The summed E-state index contributed by atoms with van der Waals surface area (Å²) in [5.41, 5.74) is 0. The van der Waals surface area contributed by atoms with Crippen LogP contribution in [0.25, 0.3) is 0 Å². The number of carbonyl (C=O) groups is 1. The Morgan fingerprint density at radius 3 is 2.48 bits per heavy atom. The van der Waals surface area contributed by atoms with Gasteiger partial charge in [0.25, 0.3) is 0 Å². The number of aliphatic carboxylic acids is 1. The van der Waals surface area contributed by atoms with Crippen molar-refractivity contribution in [3.8, 4) is 0 Å². The molecule has 1 aliphatic rings. The maximum absolute atomic E-state index is 12.6. The van der Waals surface area contributed by atoms with Gasteiger partial charge in [0, 0.05) is 24.5 Å². The number of rotatable bonds is 4. The van der Waals surface area contributed by atoms with Crippen molar-refractivity contribution in [1.82, 2.24) is 4.31 Å². The summed E-state index contributed by atoms with van der Waals surface area (Å²) in [4.78, 5) is 10.7. The molecule has 1 N–H and O–H groups in total. The number of benzene rings is 1. The molecule has 0 aliphatic carbocycles. The standard InChI is InChI=1S/C13H15Cl2NO4S/c14-10-1-2-11(15)12(8-10)21(19,20)16-5-3-9(4-6-16)7-13(17)18/h1-2,8-9H,3-7H2,(H,17,18). The Labute approximate surface area is 133 Å². The molecule has 21 heavy (non-hydrogen) atoms. The van der Waals surface area contributed by atoms with Gasteiger partial charge in [-0.05, 0) is 37.0 Å². The lowest BCUT2D eigenvalue weighted by Crippen LogP contribution is -2.39. The van der Waals surface area contributed by atoms with Crippen molar-refractivity contribution in [2.45, 2.75) is 24.2 Å². The molecule has 0 bridgehead atoms. The second kappa shape index (κ2) is 6.52. The van der Waals surface area contributed by atoms with Gasteiger partial charge in [-0.2, -0.15) is 4.31 Å². The van der Waals surface area contributed by atoms with Crippen LogP contribution in [0.3, 0.4) is 0 Å². The van der Waals surface area contributed by atoms with Gasteiger partial charge in [0.05, 0.1) is 5.02 Å². The van der Waals surface area contributed by atoms with E-state index < -0.39 is 16.0 Å². The van der Waals surface area contributed by atoms with E-state index >= 15 is 0 Å². The van der Waals surface area contributed by atoms with Crippen LogP contribution in [0.2, 0.25) is 10.0 Å². The van der Waals surface area contributed by atoms with Crippen molar-refractivity contribution >= 4 is 39.2 Å². The van der Waals surface area contributed by atoms with Gasteiger partial charge in [-0.15, -0.1) is 0 Å². The molecule has 0 atom stereocenters. The highest BCUT2D eigenvalue weighted by atomic mass is 35.5. The van der Waals surface area contributed by atoms with E-state index in [1.54, 1.807) is 0 Å². The Kier molecular flexibility index (Phi) is 5.14. The second-order valence-electron chi connectivity index (χ2n) is 5.02. The smallest absolute Gasteiger partial charge is 0.303 e. The quantitative estimate of drug-likeness (QED) is 0.904. The van der Waals surface area contributed by atoms with E-state index in [1.807, 2.05) is 0 Å². The van der Waals surface area contributed by atoms with Crippen LogP contribution in [0.1, 0.15) is 19.3 Å². The maximum Gasteiger partial charge on any atom is 0.303 e. The van der Waals surface area contributed by atoms with E-state index in [1.165, 1.54) is 22.5 Å². The van der Waals surface area contributed by atoms with Gasteiger partial charge in [-0.25, -0.2) is 8.42 Å². The molecular weight excluding hydrogens is 337 g/mol. The van der Waals surface area contributed by atoms with E-state index in [4.69, 9.17) is 28.3 Å². The first-order chi connectivity index (χ1) is 9.80. The molecule has 0 unspecified atom stereocenters. The van der Waals surface area contributed by atoms with Crippen molar-refractivity contribution in [3.63, 3.8) is 0 Å². The normalized spacial score (nSPS) is 17.8. The van der Waals surface area contributed by atoms with Gasteiger partial charge in [-0.3, -0.25) is 4.79 Å². The fourth-order valence-electron chi connectivity index (χ4n) is 2.41. The summed E-state index contributed by atoms with van der Waals surface area (Å²) in [6.45, 7) is 0.590. The van der Waals surface area contributed by atoms with E-state index in [0.717, 1.165) is 0 Å². The minimum atomic E-state index is -3.70. The molecule has 0 spiro atoms. The molecule has 1 fully saturated rings. The van der Waals surface area contributed by atoms with Gasteiger partial charge in [0.2, 0.25) is 10.0 Å². The molecule has 1 saturated heterocycles. The zero-order valence-electron chi connectivity index (χ0n) is 11.1. The SMILES string of the molecule is O=C(O)CC1CCN(S(=O)(=O)c2cc(Cl)ccc2Cl)CC1. The third kappa shape index (κ3) is 3.88. The summed E-state index contributed by atoms with van der Waals surface area (Å²) in [7, 11) is -3.70. The Bertz CT molecular complexity index is 640. The van der Waals surface area contributed by atoms with E-state index in [0.29, 0.717) is 31.0 Å². The van der Waals surface area contributed by atoms with Crippen LogP contribution in [0.4, 0.5) is 0 Å². The molecule has 116 valence electrons. The molecule has 0 saturated carbocycles. The van der Waals surface area contributed by atoms with Gasteiger partial charge < -0.3 is 5.11 Å². The van der Waals surface area contributed by atoms with Crippen molar-refractivity contribution < 1.29 is 18.3 Å². The van der Waals surface area contributed by atoms with Gasteiger partial charge >= 0.3 is 5.97 Å². The summed E-state index contributed by atoms with van der Waals surface area (Å²) in [6, 6.07) is 4.32. The van der Waals surface area contributed by atoms with Crippen LogP contribution in [0.5, 0.6) is 0 Å². The Hall–Kier alpha value is -0.820. The summed E-state index contributed by atoms with van der Waals surface area (Å²) in [6.07, 6.45) is 1.14. The highest BCUT2D eigenvalue weighted by molar-refractivity contribution is 7.89. The molecule has 5 nitrogen and oxygen atoms in total. The number of hydrogen-bond acceptors (Lipinski definition) is 3. The third-order valence-corrected chi connectivity index (χ3v) is 6.16. The third-order valence-electron chi connectivity index (χ3n) is 3.55. The van der Waals surface area contributed by atoms with Gasteiger partial charge in [-0.1, -0.05) is 23.2 Å². The minimum Gasteiger partial charge on any atom is -0.481 e. The number of halogens is 2. The topological polar surface area (TPSA) is 74.7 Å². The van der Waals surface area contributed by atoms with Crippen LogP contribution in [0, 0.1) is 5.92 Å². The summed E-state index contributed by atoms with van der Waals surface area (Å²) in [5, 5.41) is 9.21. The minimum absolute atomic E-state index is 0.00616. The van der Waals surface area contributed by atoms with Gasteiger partial charge in [0.15, 0.2) is 0 Å². The van der Waals surface area contributed by atoms with E-state index in [9.17, 15) is 13.2 Å². The Balaban J connectivity index is 2.15. The van der Waals surface area contributed by atoms with E-state index in [2.05, 4.69) is 0 Å². The molecule has 2 rings (SSSR count). The van der Waals surface area contributed by atoms with Crippen molar-refractivity contribution in [2.24, 2.45) is 5.92 Å². The van der Waals surface area contributed by atoms with Crippen molar-refractivity contribution in [2.75, 3.05) is 13.1 Å². The lowest BCUT2D eigenvalue weighted by Gasteiger charge is -2.30. The summed E-state index contributed by atoms with van der Waals surface area (Å²) in [5.74, 6) is -0.835. The zero-order valence-corrected chi connectivity index (χ0v) is 13.5. The predicted molar refractivity (Wildman–Crippen MR) is 80.2 cm³/mol. The first-order valence-electron chi connectivity index (χ1n) is 6.47. The first kappa shape index (κ1) is 16.5. The summed E-state index contributed by atoms with van der Waals surface area (Å²) >= 11 is 11.8. The maximum atomic E-state index is 12.6. The molecule has 1 aromatic rings. The molecular formula is C13H15Cl2NO4S. The molecule has 0 radical (unpaired) electrons. The molecule has 1 aliphatic heterocycles. The van der Waals surface area contributed by atoms with Crippen LogP contribution in [-0.2, 0) is 14.8 Å². The summed E-state index contributed by atoms with van der Waals surface area (Å²) < 4.78 is 26.4. The Morgan fingerprint density at radius 1 is 1.29 bits per heavy atom. The molecule has 1 aromatic carbocycles. The monoisotopic (exact) mass is 351 g/mol. The van der Waals surface area contributed by atoms with E-state index in [-0.39, 0.29) is 22.3 Å². The van der Waals surface area contributed by atoms with Crippen molar-refractivity contribution in [1.29, 1.82) is 0 Å². The average Bonchev–Trinajstić information content (AvgIpc) is 2.41. The lowest BCUT2D eigenvalue weighted by molar-refractivity contribution is -0.138. The highest BCUT2D eigenvalue weighted by Crippen LogP contribution is 2.30. The number of carboxylic acids is 1. The zero-order chi connectivity index (χ0) is 15.6. The predicted octanol–water partition coefficient (Wildman–Crippen LogP) is 2.87. The van der Waals surface area contributed by atoms with Crippen LogP contribution in [0.15, 0.2) is 23.1 Å². The Morgan fingerprint density at radius 2 is 1.90 bits per heavy atom. The highest BCUT2D eigenvalue weighted by Gasteiger charge is 2.31. The molecule has 1 heterocycles. The van der Waals surface area contributed by atoms with Crippen LogP contribution in [-0.4, -0.2) is 36.9 Å². The average molecular weight is 352 g/mol. The first-order valence-corrected chi connectivity index (χ1v) is 8.67. The molecule has 0 aromatic heterocycles. The number of nitrogens with zero attached hydrogens (tertiary/aromatic N) is 1. The number of hydrogen-bond donors (Lipinski definition) is 1. The van der Waals surface area contributed by atoms with Gasteiger partial charge in [0.1, 0.15) is 4.90 Å². The largest absolute Gasteiger partial charge is 0.481 e. The second-order valence-corrected chi connectivity index (χ2v) is 7.77. The fraction of sp³-hybridized carbons (Fsp3) is 0.462. The lowest BCUT2D eigenvalue weighted by atomic mass is 9.95. The molecule has 8 heteroatoms.